The molecule has 3 nitrogen and oxygen atoms in total. The van der Waals surface area contributed by atoms with Crippen molar-refractivity contribution >= 4 is 0 Å². The Balaban J connectivity index is 1.83. The number of hydrogen-bond acceptors (Lipinski definition) is 3. The van der Waals surface area contributed by atoms with Crippen LogP contribution in [0.25, 0.3) is 0 Å². The van der Waals surface area contributed by atoms with Gasteiger partial charge in [0.05, 0.1) is 19.3 Å². The van der Waals surface area contributed by atoms with Gasteiger partial charge in [-0.15, -0.1) is 0 Å². The van der Waals surface area contributed by atoms with Gasteiger partial charge in [-0.2, -0.15) is 0 Å². The summed E-state index contributed by atoms with van der Waals surface area (Å²) in [6.45, 7) is 7.19. The molecule has 0 spiro atoms. The molecule has 1 saturated carbocycles. The van der Waals surface area contributed by atoms with Gasteiger partial charge >= 0.3 is 0 Å². The largest absolute Gasteiger partial charge is 0.508 e. The first-order chi connectivity index (χ1) is 8.93. The van der Waals surface area contributed by atoms with Gasteiger partial charge in [0.25, 0.3) is 0 Å². The van der Waals surface area contributed by atoms with Crippen molar-refractivity contribution in [3.63, 3.8) is 0 Å². The molecule has 0 heterocycles. The number of ether oxygens (including phenoxy) is 1. The minimum absolute atomic E-state index is 0.159. The van der Waals surface area contributed by atoms with E-state index in [1.807, 2.05) is 26.0 Å². The Labute approximate surface area is 114 Å². The van der Waals surface area contributed by atoms with E-state index < -0.39 is 0 Å². The molecule has 104 valence electrons. The first kappa shape index (κ1) is 14.1. The van der Waals surface area contributed by atoms with Gasteiger partial charge < -0.3 is 14.9 Å². The molecule has 2 rings (SSSR count). The van der Waals surface area contributed by atoms with Gasteiger partial charge in [-0.1, -0.05) is 30.7 Å². The van der Waals surface area contributed by atoms with Crippen LogP contribution < -0.4 is 0 Å². The van der Waals surface area contributed by atoms with Crippen molar-refractivity contribution in [3.05, 3.63) is 41.5 Å². The summed E-state index contributed by atoms with van der Waals surface area (Å²) in [6, 6.07) is 6.99. The average molecular weight is 262 g/mol. The molecule has 3 unspecified atom stereocenters. The van der Waals surface area contributed by atoms with Crippen LogP contribution in [0.4, 0.5) is 0 Å². The van der Waals surface area contributed by atoms with E-state index in [2.05, 4.69) is 13.0 Å². The van der Waals surface area contributed by atoms with E-state index in [1.54, 1.807) is 12.1 Å². The third-order valence-electron chi connectivity index (χ3n) is 3.80. The molecule has 0 radical (unpaired) electrons. The number of rotatable bonds is 5. The fourth-order valence-corrected chi connectivity index (χ4v) is 2.38. The highest BCUT2D eigenvalue weighted by Gasteiger charge is 2.59. The third kappa shape index (κ3) is 3.17. The standard InChI is InChI=1S/C16H22O3/c1-11(2)8-14-15(18)16(14,3)10-19-9-12-4-6-13(17)7-5-12/h4-8,14-15,17-18H,9-10H2,1-3H3. The lowest BCUT2D eigenvalue weighted by Crippen LogP contribution is -2.11. The SMILES string of the molecule is CC(C)=CC1C(O)C1(C)COCc1ccc(O)cc1. The molecule has 3 heteroatoms. The lowest BCUT2D eigenvalue weighted by molar-refractivity contribution is 0.0634. The van der Waals surface area contributed by atoms with Crippen LogP contribution in [0.3, 0.4) is 0 Å². The molecule has 1 fully saturated rings. The van der Waals surface area contributed by atoms with E-state index in [0.717, 1.165) is 5.56 Å². The maximum absolute atomic E-state index is 9.97. The quantitative estimate of drug-likeness (QED) is 0.802. The summed E-state index contributed by atoms with van der Waals surface area (Å²) in [7, 11) is 0. The smallest absolute Gasteiger partial charge is 0.115 e. The number of phenols is 1. The van der Waals surface area contributed by atoms with Gasteiger partial charge in [0, 0.05) is 11.3 Å². The zero-order valence-corrected chi connectivity index (χ0v) is 11.8. The number of aromatic hydroxyl groups is 1. The van der Waals surface area contributed by atoms with Crippen molar-refractivity contribution < 1.29 is 14.9 Å². The maximum atomic E-state index is 9.97. The molecule has 0 amide bonds. The molecule has 3 atom stereocenters. The highest BCUT2D eigenvalue weighted by atomic mass is 16.5. The molecule has 1 aromatic rings. The molecular weight excluding hydrogens is 240 g/mol. The number of benzene rings is 1. The minimum atomic E-state index is -0.304. The molecule has 19 heavy (non-hydrogen) atoms. The summed E-state index contributed by atoms with van der Waals surface area (Å²) in [5.74, 6) is 0.467. The van der Waals surface area contributed by atoms with Crippen LogP contribution in [-0.2, 0) is 11.3 Å². The van der Waals surface area contributed by atoms with E-state index in [4.69, 9.17) is 4.74 Å². The van der Waals surface area contributed by atoms with Crippen LogP contribution in [0.2, 0.25) is 0 Å². The van der Waals surface area contributed by atoms with Crippen LogP contribution in [0, 0.1) is 11.3 Å². The number of allylic oxidation sites excluding steroid dienone is 1. The van der Waals surface area contributed by atoms with E-state index >= 15 is 0 Å². The first-order valence-electron chi connectivity index (χ1n) is 6.62. The fourth-order valence-electron chi connectivity index (χ4n) is 2.38. The van der Waals surface area contributed by atoms with Crippen molar-refractivity contribution in [2.24, 2.45) is 11.3 Å². The van der Waals surface area contributed by atoms with Crippen LogP contribution in [-0.4, -0.2) is 22.9 Å². The lowest BCUT2D eigenvalue weighted by Gasteiger charge is -2.11. The van der Waals surface area contributed by atoms with E-state index in [1.165, 1.54) is 5.57 Å². The molecular formula is C16H22O3. The van der Waals surface area contributed by atoms with Crippen LogP contribution in [0.5, 0.6) is 5.75 Å². The second-order valence-corrected chi connectivity index (χ2v) is 5.88. The second-order valence-electron chi connectivity index (χ2n) is 5.88. The highest BCUT2D eigenvalue weighted by molar-refractivity contribution is 5.25. The first-order valence-corrected chi connectivity index (χ1v) is 6.62. The Kier molecular flexibility index (Phi) is 3.97. The normalized spacial score (nSPS) is 29.1. The Morgan fingerprint density at radius 3 is 2.53 bits per heavy atom. The molecule has 1 aliphatic carbocycles. The molecule has 0 saturated heterocycles. The van der Waals surface area contributed by atoms with E-state index in [9.17, 15) is 10.2 Å². The summed E-state index contributed by atoms with van der Waals surface area (Å²) in [4.78, 5) is 0. The molecule has 0 aromatic heterocycles. The zero-order chi connectivity index (χ0) is 14.0. The summed E-state index contributed by atoms with van der Waals surface area (Å²) in [6.07, 6.45) is 1.82. The number of hydrogen-bond donors (Lipinski definition) is 2. The topological polar surface area (TPSA) is 49.7 Å². The van der Waals surface area contributed by atoms with Gasteiger partial charge in [-0.3, -0.25) is 0 Å². The highest BCUT2D eigenvalue weighted by Crippen LogP contribution is 2.53. The molecule has 1 aliphatic rings. The maximum Gasteiger partial charge on any atom is 0.115 e. The minimum Gasteiger partial charge on any atom is -0.508 e. The zero-order valence-electron chi connectivity index (χ0n) is 11.8. The molecule has 0 bridgehead atoms. The average Bonchev–Trinajstić information content (AvgIpc) is 2.84. The van der Waals surface area contributed by atoms with Crippen molar-refractivity contribution in [2.75, 3.05) is 6.61 Å². The van der Waals surface area contributed by atoms with Crippen LogP contribution in [0.1, 0.15) is 26.3 Å². The van der Waals surface area contributed by atoms with Crippen molar-refractivity contribution in [3.8, 4) is 5.75 Å². The van der Waals surface area contributed by atoms with Gasteiger partial charge in [0.2, 0.25) is 0 Å². The summed E-state index contributed by atoms with van der Waals surface area (Å²) >= 11 is 0. The van der Waals surface area contributed by atoms with Crippen molar-refractivity contribution in [1.29, 1.82) is 0 Å². The number of aliphatic hydroxyl groups is 1. The Hall–Kier alpha value is -1.32. The second kappa shape index (κ2) is 5.35. The van der Waals surface area contributed by atoms with Crippen molar-refractivity contribution in [2.45, 2.75) is 33.5 Å². The molecule has 0 aliphatic heterocycles. The molecule has 1 aromatic carbocycles. The summed E-state index contributed by atoms with van der Waals surface area (Å²) in [5, 5.41) is 19.2. The number of phenolic OH excluding ortho intramolecular Hbond substituents is 1. The predicted molar refractivity (Wildman–Crippen MR) is 74.8 cm³/mol. The fraction of sp³-hybridized carbons (Fsp3) is 0.500. The van der Waals surface area contributed by atoms with Gasteiger partial charge in [-0.05, 0) is 31.5 Å². The Morgan fingerprint density at radius 1 is 1.32 bits per heavy atom. The van der Waals surface area contributed by atoms with Gasteiger partial charge in [0.15, 0.2) is 0 Å². The predicted octanol–water partition coefficient (Wildman–Crippen LogP) is 2.87. The van der Waals surface area contributed by atoms with Gasteiger partial charge in [0.1, 0.15) is 5.75 Å². The third-order valence-corrected chi connectivity index (χ3v) is 3.80. The molecule has 2 N–H and O–H groups in total. The Bertz CT molecular complexity index is 459. The van der Waals surface area contributed by atoms with Crippen LogP contribution in [0.15, 0.2) is 35.9 Å². The van der Waals surface area contributed by atoms with Crippen LogP contribution >= 0.6 is 0 Å². The number of aliphatic hydroxyl groups excluding tert-OH is 1. The van der Waals surface area contributed by atoms with E-state index in [-0.39, 0.29) is 23.2 Å². The van der Waals surface area contributed by atoms with E-state index in [0.29, 0.717) is 13.2 Å². The van der Waals surface area contributed by atoms with Gasteiger partial charge in [-0.25, -0.2) is 0 Å². The lowest BCUT2D eigenvalue weighted by atomic mass is 10.1. The summed E-state index contributed by atoms with van der Waals surface area (Å²) in [5.41, 5.74) is 2.09. The monoisotopic (exact) mass is 262 g/mol. The Morgan fingerprint density at radius 2 is 1.95 bits per heavy atom. The summed E-state index contributed by atoms with van der Waals surface area (Å²) < 4.78 is 5.70. The van der Waals surface area contributed by atoms with Crippen molar-refractivity contribution in [1.82, 2.24) is 0 Å².